The molecule has 0 saturated carbocycles. The molecule has 0 aliphatic carbocycles. The molecule has 2 aromatic heterocycles. The van der Waals surface area contributed by atoms with Gasteiger partial charge in [-0.05, 0) is 18.6 Å². The third-order valence-corrected chi connectivity index (χ3v) is 5.34. The van der Waals surface area contributed by atoms with Gasteiger partial charge in [0.25, 0.3) is 5.56 Å². The molecule has 6 nitrogen and oxygen atoms in total. The lowest BCUT2D eigenvalue weighted by Gasteiger charge is -2.07. The summed E-state index contributed by atoms with van der Waals surface area (Å²) in [4.78, 5) is 29.1. The van der Waals surface area contributed by atoms with Gasteiger partial charge in [-0.1, -0.05) is 41.6 Å². The standard InChI is InChI=1S/C16H17ClN4O2S/c1-4-21-12-13(19(2)16(23)20(3)14(12)22)18-15(21)24-9-10-7-5-6-8-11(10)17/h5-8H,4,9H2,1-3H3. The largest absolute Gasteiger partial charge is 0.332 e. The van der Waals surface area contributed by atoms with Gasteiger partial charge in [-0.15, -0.1) is 0 Å². The highest BCUT2D eigenvalue weighted by Gasteiger charge is 2.18. The van der Waals surface area contributed by atoms with Gasteiger partial charge in [0.15, 0.2) is 16.3 Å². The monoisotopic (exact) mass is 364 g/mol. The first-order valence-electron chi connectivity index (χ1n) is 7.48. The SMILES string of the molecule is CCn1c(SCc2ccccc2Cl)nc2c1c(=O)n(C)c(=O)n2C. The molecule has 0 aliphatic rings. The molecule has 3 rings (SSSR count). The molecule has 0 N–H and O–H groups in total. The normalized spacial score (nSPS) is 11.3. The van der Waals surface area contributed by atoms with Crippen LogP contribution in [0.25, 0.3) is 11.2 Å². The molecule has 0 fully saturated rings. The Morgan fingerprint density at radius 2 is 1.88 bits per heavy atom. The van der Waals surface area contributed by atoms with Crippen molar-refractivity contribution in [1.82, 2.24) is 18.7 Å². The van der Waals surface area contributed by atoms with Gasteiger partial charge in [0.1, 0.15) is 0 Å². The molecule has 0 saturated heterocycles. The number of hydrogen-bond acceptors (Lipinski definition) is 4. The van der Waals surface area contributed by atoms with Crippen molar-refractivity contribution < 1.29 is 0 Å². The van der Waals surface area contributed by atoms with E-state index in [1.165, 1.54) is 23.4 Å². The molecule has 3 aromatic rings. The highest BCUT2D eigenvalue weighted by Crippen LogP contribution is 2.27. The van der Waals surface area contributed by atoms with E-state index in [2.05, 4.69) is 4.98 Å². The van der Waals surface area contributed by atoms with E-state index in [0.29, 0.717) is 33.6 Å². The van der Waals surface area contributed by atoms with Crippen molar-refractivity contribution in [3.8, 4) is 0 Å². The second-order valence-corrected chi connectivity index (χ2v) is 6.75. The first-order chi connectivity index (χ1) is 11.5. The third-order valence-electron chi connectivity index (χ3n) is 3.94. The summed E-state index contributed by atoms with van der Waals surface area (Å²) in [7, 11) is 3.10. The van der Waals surface area contributed by atoms with Gasteiger partial charge in [0.05, 0.1) is 0 Å². The van der Waals surface area contributed by atoms with Crippen molar-refractivity contribution in [2.45, 2.75) is 24.4 Å². The summed E-state index contributed by atoms with van der Waals surface area (Å²) >= 11 is 7.69. The van der Waals surface area contributed by atoms with Crippen LogP contribution in [0, 0.1) is 0 Å². The second-order valence-electron chi connectivity index (χ2n) is 5.40. The highest BCUT2D eigenvalue weighted by atomic mass is 35.5. The fourth-order valence-corrected chi connectivity index (χ4v) is 3.93. The van der Waals surface area contributed by atoms with Crippen LogP contribution < -0.4 is 11.2 Å². The Bertz CT molecular complexity index is 1030. The molecule has 0 radical (unpaired) electrons. The summed E-state index contributed by atoms with van der Waals surface area (Å²) in [6.07, 6.45) is 0. The molecule has 0 amide bonds. The highest BCUT2D eigenvalue weighted by molar-refractivity contribution is 7.98. The third kappa shape index (κ3) is 2.67. The zero-order valence-corrected chi connectivity index (χ0v) is 15.2. The Hall–Kier alpha value is -1.99. The maximum Gasteiger partial charge on any atom is 0.332 e. The van der Waals surface area contributed by atoms with E-state index >= 15 is 0 Å². The summed E-state index contributed by atoms with van der Waals surface area (Å²) in [6.45, 7) is 2.54. The maximum absolute atomic E-state index is 12.5. The van der Waals surface area contributed by atoms with Gasteiger partial charge in [0, 0.05) is 31.4 Å². The van der Waals surface area contributed by atoms with E-state index in [1.54, 1.807) is 7.05 Å². The van der Waals surface area contributed by atoms with Crippen LogP contribution in [0.3, 0.4) is 0 Å². The Morgan fingerprint density at radius 3 is 2.54 bits per heavy atom. The summed E-state index contributed by atoms with van der Waals surface area (Å²) in [6, 6.07) is 7.63. The minimum Gasteiger partial charge on any atom is -0.313 e. The minimum atomic E-state index is -0.379. The predicted octanol–water partition coefficient (Wildman–Crippen LogP) is 2.40. The number of thioether (sulfide) groups is 1. The molecule has 1 aromatic carbocycles. The van der Waals surface area contributed by atoms with Crippen LogP contribution >= 0.6 is 23.4 Å². The molecular weight excluding hydrogens is 348 g/mol. The molecule has 0 atom stereocenters. The van der Waals surface area contributed by atoms with Crippen LogP contribution in [0.15, 0.2) is 39.0 Å². The Morgan fingerprint density at radius 1 is 1.17 bits per heavy atom. The van der Waals surface area contributed by atoms with Crippen LogP contribution in [0.1, 0.15) is 12.5 Å². The van der Waals surface area contributed by atoms with E-state index < -0.39 is 0 Å². The van der Waals surface area contributed by atoms with Crippen molar-refractivity contribution in [3.63, 3.8) is 0 Å². The molecule has 0 aliphatic heterocycles. The van der Waals surface area contributed by atoms with Crippen LogP contribution in [0.2, 0.25) is 5.02 Å². The first-order valence-corrected chi connectivity index (χ1v) is 8.84. The molecule has 2 heterocycles. The average molecular weight is 365 g/mol. The van der Waals surface area contributed by atoms with Crippen LogP contribution in [0.5, 0.6) is 0 Å². The lowest BCUT2D eigenvalue weighted by atomic mass is 10.2. The molecule has 24 heavy (non-hydrogen) atoms. The summed E-state index contributed by atoms with van der Waals surface area (Å²) in [5, 5.41) is 1.40. The predicted molar refractivity (Wildman–Crippen MR) is 96.9 cm³/mol. The second kappa shape index (κ2) is 6.49. The molecule has 8 heteroatoms. The number of rotatable bonds is 4. The Kier molecular flexibility index (Phi) is 4.56. The van der Waals surface area contributed by atoms with Crippen molar-refractivity contribution in [2.24, 2.45) is 14.1 Å². The number of aryl methyl sites for hydroxylation is 2. The molecule has 0 spiro atoms. The summed E-state index contributed by atoms with van der Waals surface area (Å²) in [5.74, 6) is 0.636. The summed E-state index contributed by atoms with van der Waals surface area (Å²) < 4.78 is 4.36. The number of nitrogens with zero attached hydrogens (tertiary/aromatic N) is 4. The van der Waals surface area contributed by atoms with Gasteiger partial charge in [-0.2, -0.15) is 0 Å². The van der Waals surface area contributed by atoms with Gasteiger partial charge in [-0.3, -0.25) is 13.9 Å². The number of imidazole rings is 1. The lowest BCUT2D eigenvalue weighted by molar-refractivity contribution is 0.684. The zero-order valence-electron chi connectivity index (χ0n) is 13.6. The Balaban J connectivity index is 2.11. The van der Waals surface area contributed by atoms with Crippen molar-refractivity contribution in [3.05, 3.63) is 55.7 Å². The number of hydrogen-bond donors (Lipinski definition) is 0. The van der Waals surface area contributed by atoms with Crippen molar-refractivity contribution in [1.29, 1.82) is 0 Å². The van der Waals surface area contributed by atoms with Gasteiger partial charge in [-0.25, -0.2) is 9.78 Å². The molecule has 0 bridgehead atoms. The minimum absolute atomic E-state index is 0.327. The fraction of sp³-hybridized carbons (Fsp3) is 0.312. The number of halogens is 1. The lowest BCUT2D eigenvalue weighted by Crippen LogP contribution is -2.37. The maximum atomic E-state index is 12.5. The van der Waals surface area contributed by atoms with E-state index in [4.69, 9.17) is 11.6 Å². The first kappa shape index (κ1) is 16.9. The van der Waals surface area contributed by atoms with Gasteiger partial charge < -0.3 is 4.57 Å². The van der Waals surface area contributed by atoms with E-state index in [-0.39, 0.29) is 11.2 Å². The molecule has 126 valence electrons. The van der Waals surface area contributed by atoms with E-state index in [1.807, 2.05) is 35.8 Å². The fourth-order valence-electron chi connectivity index (χ4n) is 2.59. The van der Waals surface area contributed by atoms with Crippen molar-refractivity contribution in [2.75, 3.05) is 0 Å². The number of benzene rings is 1. The topological polar surface area (TPSA) is 61.8 Å². The van der Waals surface area contributed by atoms with Crippen LogP contribution in [-0.4, -0.2) is 18.7 Å². The van der Waals surface area contributed by atoms with Crippen LogP contribution in [0.4, 0.5) is 0 Å². The van der Waals surface area contributed by atoms with Crippen LogP contribution in [-0.2, 0) is 26.4 Å². The van der Waals surface area contributed by atoms with Crippen molar-refractivity contribution >= 4 is 34.5 Å². The smallest absolute Gasteiger partial charge is 0.313 e. The van der Waals surface area contributed by atoms with Gasteiger partial charge in [0.2, 0.25) is 0 Å². The van der Waals surface area contributed by atoms with Gasteiger partial charge >= 0.3 is 5.69 Å². The van der Waals surface area contributed by atoms with E-state index in [0.717, 1.165) is 10.1 Å². The average Bonchev–Trinajstić information content (AvgIpc) is 2.96. The Labute approximate surface area is 147 Å². The molecule has 0 unspecified atom stereocenters. The number of fused-ring (bicyclic) bond motifs is 1. The number of aromatic nitrogens is 4. The quantitative estimate of drug-likeness (QED) is 0.667. The molecular formula is C16H17ClN4O2S. The summed E-state index contributed by atoms with van der Waals surface area (Å²) in [5.41, 5.74) is 1.15. The van der Waals surface area contributed by atoms with E-state index in [9.17, 15) is 9.59 Å². The zero-order chi connectivity index (χ0) is 17.4.